The second-order valence-corrected chi connectivity index (χ2v) is 4.18. The van der Waals surface area contributed by atoms with E-state index in [4.69, 9.17) is 10.5 Å². The van der Waals surface area contributed by atoms with Gasteiger partial charge in [-0.05, 0) is 51.2 Å². The summed E-state index contributed by atoms with van der Waals surface area (Å²) < 4.78 is 5.16. The molecule has 0 aliphatic heterocycles. The third-order valence-corrected chi connectivity index (χ3v) is 2.81. The number of nitrogens with two attached hydrogens (primary N) is 1. The van der Waals surface area contributed by atoms with Crippen molar-refractivity contribution in [2.45, 2.75) is 18.9 Å². The predicted octanol–water partition coefficient (Wildman–Crippen LogP) is 2.04. The molecular formula is C13H22N2O. The molecule has 0 bridgehead atoms. The van der Waals surface area contributed by atoms with Gasteiger partial charge in [0.25, 0.3) is 0 Å². The summed E-state index contributed by atoms with van der Waals surface area (Å²) >= 11 is 0. The lowest BCUT2D eigenvalue weighted by molar-refractivity contribution is 0.280. The van der Waals surface area contributed by atoms with E-state index < -0.39 is 0 Å². The van der Waals surface area contributed by atoms with Crippen LogP contribution in [0, 0.1) is 0 Å². The van der Waals surface area contributed by atoms with Crippen molar-refractivity contribution in [2.75, 3.05) is 27.7 Å². The van der Waals surface area contributed by atoms with Crippen LogP contribution in [0.2, 0.25) is 0 Å². The zero-order chi connectivity index (χ0) is 12.0. The normalized spacial score (nSPS) is 12.8. The largest absolute Gasteiger partial charge is 0.497 e. The van der Waals surface area contributed by atoms with Crippen molar-refractivity contribution in [3.8, 4) is 5.75 Å². The van der Waals surface area contributed by atoms with Crippen LogP contribution in [0.1, 0.15) is 24.4 Å². The Morgan fingerprint density at radius 2 is 1.88 bits per heavy atom. The fraction of sp³-hybridized carbons (Fsp3) is 0.538. The highest BCUT2D eigenvalue weighted by Crippen LogP contribution is 2.24. The topological polar surface area (TPSA) is 38.5 Å². The lowest BCUT2D eigenvalue weighted by Crippen LogP contribution is -2.20. The lowest BCUT2D eigenvalue weighted by atomic mass is 10.0. The number of ether oxygens (including phenoxy) is 1. The molecule has 3 heteroatoms. The third-order valence-electron chi connectivity index (χ3n) is 2.81. The number of methoxy groups -OCH3 is 1. The summed E-state index contributed by atoms with van der Waals surface area (Å²) in [5.41, 5.74) is 6.88. The second kappa shape index (κ2) is 6.51. The summed E-state index contributed by atoms with van der Waals surface area (Å²) in [6.45, 7) is 0.750. The minimum Gasteiger partial charge on any atom is -0.497 e. The minimum absolute atomic E-state index is 0.439. The molecule has 0 radical (unpaired) electrons. The molecule has 0 aliphatic rings. The number of hydrogen-bond donors (Lipinski definition) is 1. The molecule has 0 aromatic heterocycles. The van der Waals surface area contributed by atoms with Crippen molar-refractivity contribution in [3.05, 3.63) is 29.8 Å². The van der Waals surface area contributed by atoms with Gasteiger partial charge in [0.1, 0.15) is 5.75 Å². The van der Waals surface area contributed by atoms with E-state index in [2.05, 4.69) is 31.1 Å². The standard InChI is InChI=1S/C13H22N2O/c1-15(2)13(5-4-10-14)11-6-8-12(16-3)9-7-11/h6-9,13H,4-5,10,14H2,1-3H3. The summed E-state index contributed by atoms with van der Waals surface area (Å²) in [5.74, 6) is 0.903. The summed E-state index contributed by atoms with van der Waals surface area (Å²) in [7, 11) is 5.89. The fourth-order valence-corrected chi connectivity index (χ4v) is 1.86. The van der Waals surface area contributed by atoms with Crippen LogP contribution in [0.4, 0.5) is 0 Å². The van der Waals surface area contributed by atoms with Gasteiger partial charge < -0.3 is 15.4 Å². The Kier molecular flexibility index (Phi) is 5.29. The van der Waals surface area contributed by atoms with Gasteiger partial charge in [-0.15, -0.1) is 0 Å². The average Bonchev–Trinajstić information content (AvgIpc) is 2.30. The predicted molar refractivity (Wildman–Crippen MR) is 67.7 cm³/mol. The summed E-state index contributed by atoms with van der Waals surface area (Å²) in [4.78, 5) is 2.23. The summed E-state index contributed by atoms with van der Waals surface area (Å²) in [5, 5.41) is 0. The first-order valence-corrected chi connectivity index (χ1v) is 5.69. The molecule has 1 atom stereocenters. The van der Waals surface area contributed by atoms with Crippen LogP contribution in [0.25, 0.3) is 0 Å². The number of benzene rings is 1. The van der Waals surface area contributed by atoms with E-state index in [9.17, 15) is 0 Å². The molecule has 0 aliphatic carbocycles. The van der Waals surface area contributed by atoms with Crippen molar-refractivity contribution in [1.82, 2.24) is 4.90 Å². The Balaban J connectivity index is 2.75. The quantitative estimate of drug-likeness (QED) is 0.800. The van der Waals surface area contributed by atoms with Crippen molar-refractivity contribution >= 4 is 0 Å². The Morgan fingerprint density at radius 1 is 1.25 bits per heavy atom. The lowest BCUT2D eigenvalue weighted by Gasteiger charge is -2.24. The van der Waals surface area contributed by atoms with Crippen LogP contribution in [0.5, 0.6) is 5.75 Å². The molecular weight excluding hydrogens is 200 g/mol. The number of rotatable bonds is 6. The van der Waals surface area contributed by atoms with Gasteiger partial charge in [0.15, 0.2) is 0 Å². The molecule has 0 heterocycles. The van der Waals surface area contributed by atoms with Gasteiger partial charge in [-0.3, -0.25) is 0 Å². The van der Waals surface area contributed by atoms with Crippen molar-refractivity contribution in [1.29, 1.82) is 0 Å². The van der Waals surface area contributed by atoms with E-state index in [-0.39, 0.29) is 0 Å². The van der Waals surface area contributed by atoms with Gasteiger partial charge >= 0.3 is 0 Å². The second-order valence-electron chi connectivity index (χ2n) is 4.18. The monoisotopic (exact) mass is 222 g/mol. The molecule has 1 rings (SSSR count). The fourth-order valence-electron chi connectivity index (χ4n) is 1.86. The van der Waals surface area contributed by atoms with Crippen LogP contribution >= 0.6 is 0 Å². The van der Waals surface area contributed by atoms with Gasteiger partial charge in [0.2, 0.25) is 0 Å². The zero-order valence-electron chi connectivity index (χ0n) is 10.4. The van der Waals surface area contributed by atoms with E-state index in [0.29, 0.717) is 6.04 Å². The number of nitrogens with zero attached hydrogens (tertiary/aromatic N) is 1. The van der Waals surface area contributed by atoms with Crippen LogP contribution in [-0.4, -0.2) is 32.6 Å². The first kappa shape index (κ1) is 13.0. The molecule has 2 N–H and O–H groups in total. The molecule has 0 amide bonds. The smallest absolute Gasteiger partial charge is 0.118 e. The van der Waals surface area contributed by atoms with Gasteiger partial charge in [-0.1, -0.05) is 12.1 Å². The Morgan fingerprint density at radius 3 is 2.31 bits per heavy atom. The van der Waals surface area contributed by atoms with Crippen molar-refractivity contribution in [2.24, 2.45) is 5.73 Å². The molecule has 3 nitrogen and oxygen atoms in total. The highest BCUT2D eigenvalue weighted by molar-refractivity contribution is 5.29. The molecule has 0 spiro atoms. The molecule has 0 fully saturated rings. The molecule has 90 valence electrons. The SMILES string of the molecule is COc1ccc(C(CCCN)N(C)C)cc1. The van der Waals surface area contributed by atoms with Gasteiger partial charge in [0, 0.05) is 6.04 Å². The average molecular weight is 222 g/mol. The summed E-state index contributed by atoms with van der Waals surface area (Å²) in [6.07, 6.45) is 2.14. The van der Waals surface area contributed by atoms with Crippen LogP contribution < -0.4 is 10.5 Å². The highest BCUT2D eigenvalue weighted by atomic mass is 16.5. The molecule has 0 saturated carbocycles. The molecule has 1 aromatic carbocycles. The van der Waals surface area contributed by atoms with Crippen molar-refractivity contribution in [3.63, 3.8) is 0 Å². The van der Waals surface area contributed by atoms with Crippen LogP contribution in [0.3, 0.4) is 0 Å². The van der Waals surface area contributed by atoms with E-state index in [1.54, 1.807) is 7.11 Å². The first-order valence-electron chi connectivity index (χ1n) is 5.69. The maximum atomic E-state index is 5.56. The van der Waals surface area contributed by atoms with Gasteiger partial charge in [-0.25, -0.2) is 0 Å². The Bertz CT molecular complexity index is 295. The first-order chi connectivity index (χ1) is 7.69. The van der Waals surface area contributed by atoms with E-state index in [0.717, 1.165) is 25.1 Å². The Labute approximate surface area is 98.2 Å². The number of hydrogen-bond acceptors (Lipinski definition) is 3. The van der Waals surface area contributed by atoms with E-state index in [1.165, 1.54) is 5.56 Å². The molecule has 1 aromatic rings. The molecule has 0 saturated heterocycles. The Hall–Kier alpha value is -1.06. The van der Waals surface area contributed by atoms with Crippen molar-refractivity contribution < 1.29 is 4.74 Å². The maximum Gasteiger partial charge on any atom is 0.118 e. The van der Waals surface area contributed by atoms with Crippen LogP contribution in [0.15, 0.2) is 24.3 Å². The van der Waals surface area contributed by atoms with E-state index in [1.807, 2.05) is 12.1 Å². The van der Waals surface area contributed by atoms with Gasteiger partial charge in [-0.2, -0.15) is 0 Å². The van der Waals surface area contributed by atoms with Crippen LogP contribution in [-0.2, 0) is 0 Å². The zero-order valence-corrected chi connectivity index (χ0v) is 10.4. The van der Waals surface area contributed by atoms with Gasteiger partial charge in [0.05, 0.1) is 7.11 Å². The summed E-state index contributed by atoms with van der Waals surface area (Å²) in [6, 6.07) is 8.71. The minimum atomic E-state index is 0.439. The third kappa shape index (κ3) is 3.51. The maximum absolute atomic E-state index is 5.56. The highest BCUT2D eigenvalue weighted by Gasteiger charge is 2.13. The molecule has 1 unspecified atom stereocenters. The van der Waals surface area contributed by atoms with E-state index >= 15 is 0 Å². The molecule has 16 heavy (non-hydrogen) atoms.